The molecule has 0 bridgehead atoms. The molecule has 0 aliphatic rings. The maximum Gasteiger partial charge on any atom is 0.266 e. The van der Waals surface area contributed by atoms with Gasteiger partial charge in [0.25, 0.3) is 5.56 Å². The van der Waals surface area contributed by atoms with Crippen molar-refractivity contribution < 1.29 is 14.3 Å². The van der Waals surface area contributed by atoms with Crippen LogP contribution in [-0.4, -0.2) is 47.7 Å². The smallest absolute Gasteiger partial charge is 0.266 e. The summed E-state index contributed by atoms with van der Waals surface area (Å²) in [5, 5.41) is 0.532. The Balaban J connectivity index is 2.03. The molecule has 1 unspecified atom stereocenters. The van der Waals surface area contributed by atoms with E-state index in [4.69, 9.17) is 14.5 Å². The van der Waals surface area contributed by atoms with Gasteiger partial charge in [-0.05, 0) is 49.7 Å². The van der Waals surface area contributed by atoms with Crippen molar-refractivity contribution in [2.24, 2.45) is 0 Å². The lowest BCUT2D eigenvalue weighted by molar-refractivity contribution is -0.134. The van der Waals surface area contributed by atoms with E-state index in [-0.39, 0.29) is 11.5 Å². The zero-order valence-corrected chi connectivity index (χ0v) is 21.3. The lowest BCUT2D eigenvalue weighted by Gasteiger charge is -2.30. The summed E-state index contributed by atoms with van der Waals surface area (Å²) >= 11 is 0. The van der Waals surface area contributed by atoms with Crippen molar-refractivity contribution in [3.63, 3.8) is 0 Å². The molecule has 0 saturated heterocycles. The molecule has 0 saturated carbocycles. The summed E-state index contributed by atoms with van der Waals surface area (Å²) in [6.45, 7) is 4.95. The Morgan fingerprint density at radius 1 is 1.03 bits per heavy atom. The summed E-state index contributed by atoms with van der Waals surface area (Å²) < 4.78 is 12.2. The summed E-state index contributed by atoms with van der Waals surface area (Å²) in [5.41, 5.74) is 1.12. The molecular weight excluding hydrogens is 442 g/mol. The van der Waals surface area contributed by atoms with Gasteiger partial charge in [-0.15, -0.1) is 0 Å². The molecule has 0 aliphatic heterocycles. The van der Waals surface area contributed by atoms with Crippen LogP contribution in [-0.2, 0) is 9.53 Å². The quantitative estimate of drug-likeness (QED) is 0.311. The average Bonchev–Trinajstić information content (AvgIpc) is 2.88. The number of carbonyl (C=O) groups excluding carboxylic acids is 1. The van der Waals surface area contributed by atoms with Crippen LogP contribution in [0.4, 0.5) is 0 Å². The van der Waals surface area contributed by atoms with Crippen molar-refractivity contribution >= 4 is 16.8 Å². The van der Waals surface area contributed by atoms with Crippen LogP contribution in [0.1, 0.15) is 64.2 Å². The summed E-state index contributed by atoms with van der Waals surface area (Å²) in [7, 11) is 3.23. The molecule has 3 rings (SSSR count). The van der Waals surface area contributed by atoms with E-state index in [2.05, 4.69) is 6.92 Å². The lowest BCUT2D eigenvalue weighted by Crippen LogP contribution is -2.39. The first kappa shape index (κ1) is 26.4. The van der Waals surface area contributed by atoms with Gasteiger partial charge in [0.2, 0.25) is 5.91 Å². The summed E-state index contributed by atoms with van der Waals surface area (Å²) in [6, 6.07) is 14.2. The molecule has 0 aliphatic carbocycles. The van der Waals surface area contributed by atoms with Gasteiger partial charge in [-0.2, -0.15) is 0 Å². The molecule has 188 valence electrons. The fourth-order valence-electron chi connectivity index (χ4n) is 4.30. The van der Waals surface area contributed by atoms with Crippen LogP contribution in [0.15, 0.2) is 53.3 Å². The Hall–Kier alpha value is -3.19. The Morgan fingerprint density at radius 3 is 2.43 bits per heavy atom. The van der Waals surface area contributed by atoms with Gasteiger partial charge in [-0.1, -0.05) is 44.7 Å². The monoisotopic (exact) mass is 479 g/mol. The predicted octanol–water partition coefficient (Wildman–Crippen LogP) is 5.29. The average molecular weight is 480 g/mol. The number of para-hydroxylation sites is 1. The molecule has 1 aromatic heterocycles. The number of benzene rings is 2. The fourth-order valence-corrected chi connectivity index (χ4v) is 4.30. The van der Waals surface area contributed by atoms with Gasteiger partial charge in [-0.3, -0.25) is 14.2 Å². The van der Waals surface area contributed by atoms with Crippen LogP contribution in [0.25, 0.3) is 16.6 Å². The zero-order chi connectivity index (χ0) is 25.2. The molecule has 1 heterocycles. The predicted molar refractivity (Wildman–Crippen MR) is 139 cm³/mol. The molecular formula is C28H37N3O4. The third-order valence-electron chi connectivity index (χ3n) is 6.32. The van der Waals surface area contributed by atoms with Crippen molar-refractivity contribution in [3.05, 3.63) is 64.7 Å². The van der Waals surface area contributed by atoms with Crippen molar-refractivity contribution in [1.29, 1.82) is 0 Å². The molecule has 2 aromatic carbocycles. The minimum absolute atomic E-state index is 0.0507. The maximum absolute atomic E-state index is 13.7. The number of carbonyl (C=O) groups is 1. The van der Waals surface area contributed by atoms with E-state index in [1.165, 1.54) is 12.8 Å². The Labute approximate surface area is 207 Å². The van der Waals surface area contributed by atoms with Gasteiger partial charge in [0.15, 0.2) is 0 Å². The van der Waals surface area contributed by atoms with Gasteiger partial charge in [0.05, 0.1) is 36.3 Å². The van der Waals surface area contributed by atoms with E-state index in [1.807, 2.05) is 49.4 Å². The zero-order valence-electron chi connectivity index (χ0n) is 21.3. The largest absolute Gasteiger partial charge is 0.497 e. The van der Waals surface area contributed by atoms with E-state index >= 15 is 0 Å². The highest BCUT2D eigenvalue weighted by atomic mass is 16.5. The molecule has 0 N–H and O–H groups in total. The van der Waals surface area contributed by atoms with Gasteiger partial charge < -0.3 is 14.4 Å². The highest BCUT2D eigenvalue weighted by Crippen LogP contribution is 2.25. The van der Waals surface area contributed by atoms with Crippen LogP contribution in [0.2, 0.25) is 0 Å². The summed E-state index contributed by atoms with van der Waals surface area (Å²) in [4.78, 5) is 33.6. The van der Waals surface area contributed by atoms with Gasteiger partial charge >= 0.3 is 0 Å². The van der Waals surface area contributed by atoms with Crippen molar-refractivity contribution in [2.45, 2.75) is 58.4 Å². The first-order valence-corrected chi connectivity index (χ1v) is 12.5. The number of rotatable bonds is 13. The van der Waals surface area contributed by atoms with E-state index in [9.17, 15) is 9.59 Å². The number of unbranched alkanes of at least 4 members (excludes halogenated alkanes) is 4. The molecule has 0 spiro atoms. The molecule has 7 heteroatoms. The number of hydrogen-bond donors (Lipinski definition) is 0. The summed E-state index contributed by atoms with van der Waals surface area (Å²) in [6.07, 6.45) is 5.86. The molecule has 35 heavy (non-hydrogen) atoms. The van der Waals surface area contributed by atoms with Crippen LogP contribution < -0.4 is 10.3 Å². The Bertz CT molecular complexity index is 1160. The lowest BCUT2D eigenvalue weighted by atomic mass is 10.1. The van der Waals surface area contributed by atoms with Crippen molar-refractivity contribution in [1.82, 2.24) is 14.5 Å². The van der Waals surface area contributed by atoms with Crippen LogP contribution in [0.3, 0.4) is 0 Å². The van der Waals surface area contributed by atoms with Gasteiger partial charge in [-0.25, -0.2) is 4.98 Å². The van der Waals surface area contributed by atoms with Crippen LogP contribution in [0.5, 0.6) is 5.75 Å². The highest BCUT2D eigenvalue weighted by Gasteiger charge is 2.26. The highest BCUT2D eigenvalue weighted by molar-refractivity contribution is 5.79. The third-order valence-corrected chi connectivity index (χ3v) is 6.32. The normalized spacial score (nSPS) is 12.0. The molecule has 0 radical (unpaired) electrons. The van der Waals surface area contributed by atoms with E-state index in [1.54, 1.807) is 29.8 Å². The molecule has 0 fully saturated rings. The van der Waals surface area contributed by atoms with Crippen LogP contribution >= 0.6 is 0 Å². The minimum Gasteiger partial charge on any atom is -0.497 e. The van der Waals surface area contributed by atoms with E-state index < -0.39 is 6.04 Å². The standard InChI is InChI=1S/C28H37N3O4/c1-5-6-7-8-9-14-26(32)30(19-20-34-3)21(2)27-29-25-13-11-10-12-24(25)28(33)31(27)22-15-17-23(35-4)18-16-22/h10-13,15-18,21H,5-9,14,19-20H2,1-4H3. The topological polar surface area (TPSA) is 73.7 Å². The Kier molecular flexibility index (Phi) is 9.85. The van der Waals surface area contributed by atoms with E-state index in [0.717, 1.165) is 19.3 Å². The molecule has 1 atom stereocenters. The van der Waals surface area contributed by atoms with Gasteiger partial charge in [0, 0.05) is 20.1 Å². The van der Waals surface area contributed by atoms with Crippen molar-refractivity contribution in [3.8, 4) is 11.4 Å². The molecule has 3 aromatic rings. The first-order chi connectivity index (χ1) is 17.0. The molecule has 1 amide bonds. The number of amides is 1. The third kappa shape index (κ3) is 6.48. The van der Waals surface area contributed by atoms with Crippen LogP contribution in [0, 0.1) is 0 Å². The second-order valence-electron chi connectivity index (χ2n) is 8.75. The minimum atomic E-state index is -0.423. The fraction of sp³-hybridized carbons (Fsp3) is 0.464. The Morgan fingerprint density at radius 2 is 1.74 bits per heavy atom. The second-order valence-corrected chi connectivity index (χ2v) is 8.75. The number of hydrogen-bond acceptors (Lipinski definition) is 5. The van der Waals surface area contributed by atoms with E-state index in [0.29, 0.717) is 47.7 Å². The number of nitrogens with zero attached hydrogens (tertiary/aromatic N) is 3. The summed E-state index contributed by atoms with van der Waals surface area (Å²) in [5.74, 6) is 1.27. The SMILES string of the molecule is CCCCCCCC(=O)N(CCOC)C(C)c1nc2ccccc2c(=O)n1-c1ccc(OC)cc1. The number of methoxy groups -OCH3 is 2. The molecule has 7 nitrogen and oxygen atoms in total. The number of fused-ring (bicyclic) bond motifs is 1. The maximum atomic E-state index is 13.7. The van der Waals surface area contributed by atoms with Gasteiger partial charge in [0.1, 0.15) is 11.6 Å². The second kappa shape index (κ2) is 13.0. The number of ether oxygens (including phenoxy) is 2. The number of aromatic nitrogens is 2. The van der Waals surface area contributed by atoms with Crippen molar-refractivity contribution in [2.75, 3.05) is 27.4 Å². The first-order valence-electron chi connectivity index (χ1n) is 12.5.